The molecule has 0 fully saturated rings. The molecule has 0 aromatic heterocycles. The molecule has 0 saturated carbocycles. The first-order valence-corrected chi connectivity index (χ1v) is 6.16. The highest BCUT2D eigenvalue weighted by molar-refractivity contribution is 5.47. The van der Waals surface area contributed by atoms with Crippen LogP contribution in [-0.4, -0.2) is 15.1 Å². The molecule has 0 heterocycles. The lowest BCUT2D eigenvalue weighted by Gasteiger charge is -2.10. The normalized spacial score (nSPS) is 11.6. The first-order chi connectivity index (χ1) is 10.0. The van der Waals surface area contributed by atoms with E-state index < -0.39 is 10.8 Å². The summed E-state index contributed by atoms with van der Waals surface area (Å²) in [5.74, 6) is -0.677. The Balaban J connectivity index is 2.33. The molecule has 0 aliphatic heterocycles. The van der Waals surface area contributed by atoms with Crippen LogP contribution in [0, 0.1) is 21.4 Å². The third-order valence-electron chi connectivity index (χ3n) is 3.14. The summed E-state index contributed by atoms with van der Waals surface area (Å²) >= 11 is 0. The van der Waals surface area contributed by atoms with E-state index in [1.807, 2.05) is 0 Å². The van der Waals surface area contributed by atoms with E-state index in [1.165, 1.54) is 24.3 Å². The van der Waals surface area contributed by atoms with Crippen molar-refractivity contribution >= 4 is 5.69 Å². The van der Waals surface area contributed by atoms with E-state index in [1.54, 1.807) is 12.1 Å². The molecule has 0 saturated heterocycles. The van der Waals surface area contributed by atoms with Gasteiger partial charge in [0.1, 0.15) is 11.5 Å². The first kappa shape index (κ1) is 14.3. The predicted molar refractivity (Wildman–Crippen MR) is 74.9 cm³/mol. The summed E-state index contributed by atoms with van der Waals surface area (Å²) in [5.41, 5.74) is 0.823. The Morgan fingerprint density at radius 1 is 1.14 bits per heavy atom. The number of phenols is 2. The Labute approximate surface area is 120 Å². The summed E-state index contributed by atoms with van der Waals surface area (Å²) in [7, 11) is 0. The number of nitriles is 1. The number of hydrogen-bond donors (Lipinski definition) is 2. The lowest BCUT2D eigenvalue weighted by molar-refractivity contribution is -0.385. The zero-order valence-corrected chi connectivity index (χ0v) is 10.9. The molecule has 6 nitrogen and oxygen atoms in total. The van der Waals surface area contributed by atoms with E-state index in [4.69, 9.17) is 0 Å². The Bertz CT molecular complexity index is 705. The SMILES string of the molecule is N#CC(Cc1ccc(O)cc1[N+](=O)[O-])c1ccc(O)cc1. The molecule has 2 aromatic rings. The number of nitro benzene ring substituents is 1. The molecule has 0 spiro atoms. The summed E-state index contributed by atoms with van der Waals surface area (Å²) in [4.78, 5) is 10.4. The van der Waals surface area contributed by atoms with Crippen molar-refractivity contribution in [3.63, 3.8) is 0 Å². The number of benzene rings is 2. The predicted octanol–water partition coefficient (Wildman–Crippen LogP) is 2.86. The van der Waals surface area contributed by atoms with Gasteiger partial charge in [-0.1, -0.05) is 12.1 Å². The van der Waals surface area contributed by atoms with E-state index in [2.05, 4.69) is 6.07 Å². The van der Waals surface area contributed by atoms with Crippen LogP contribution >= 0.6 is 0 Å². The Hall–Kier alpha value is -3.07. The maximum atomic E-state index is 11.0. The number of nitrogens with zero attached hydrogens (tertiary/aromatic N) is 2. The zero-order chi connectivity index (χ0) is 15.4. The Kier molecular flexibility index (Phi) is 4.05. The van der Waals surface area contributed by atoms with Crippen molar-refractivity contribution in [3.8, 4) is 17.6 Å². The van der Waals surface area contributed by atoms with Crippen LogP contribution in [-0.2, 0) is 6.42 Å². The Morgan fingerprint density at radius 3 is 2.33 bits per heavy atom. The third-order valence-corrected chi connectivity index (χ3v) is 3.14. The lowest BCUT2D eigenvalue weighted by atomic mass is 9.92. The third kappa shape index (κ3) is 3.28. The van der Waals surface area contributed by atoms with Crippen LogP contribution in [0.5, 0.6) is 11.5 Å². The van der Waals surface area contributed by atoms with Crippen molar-refractivity contribution in [1.29, 1.82) is 5.26 Å². The molecular formula is C15H12N2O4. The minimum absolute atomic E-state index is 0.0889. The second kappa shape index (κ2) is 5.92. The van der Waals surface area contributed by atoms with Gasteiger partial charge in [0, 0.05) is 5.56 Å². The van der Waals surface area contributed by atoms with E-state index in [9.17, 15) is 25.6 Å². The molecule has 21 heavy (non-hydrogen) atoms. The fourth-order valence-electron chi connectivity index (χ4n) is 2.06. The van der Waals surface area contributed by atoms with Gasteiger partial charge >= 0.3 is 0 Å². The Morgan fingerprint density at radius 2 is 1.76 bits per heavy atom. The monoisotopic (exact) mass is 284 g/mol. The molecule has 2 N–H and O–H groups in total. The van der Waals surface area contributed by atoms with Crippen molar-refractivity contribution in [2.75, 3.05) is 0 Å². The van der Waals surface area contributed by atoms with Crippen molar-refractivity contribution in [2.45, 2.75) is 12.3 Å². The first-order valence-electron chi connectivity index (χ1n) is 6.16. The smallest absolute Gasteiger partial charge is 0.276 e. The van der Waals surface area contributed by atoms with E-state index in [0.29, 0.717) is 11.1 Å². The average molecular weight is 284 g/mol. The maximum Gasteiger partial charge on any atom is 0.276 e. The van der Waals surface area contributed by atoms with Crippen LogP contribution in [0.4, 0.5) is 5.69 Å². The molecule has 2 aromatic carbocycles. The van der Waals surface area contributed by atoms with Gasteiger partial charge < -0.3 is 10.2 Å². The van der Waals surface area contributed by atoms with Crippen molar-refractivity contribution < 1.29 is 15.1 Å². The summed E-state index contributed by atoms with van der Waals surface area (Å²) < 4.78 is 0. The van der Waals surface area contributed by atoms with Crippen LogP contribution in [0.1, 0.15) is 17.0 Å². The van der Waals surface area contributed by atoms with E-state index in [0.717, 1.165) is 6.07 Å². The molecule has 6 heteroatoms. The van der Waals surface area contributed by atoms with Crippen LogP contribution in [0.2, 0.25) is 0 Å². The summed E-state index contributed by atoms with van der Waals surface area (Å²) in [6.45, 7) is 0. The van der Waals surface area contributed by atoms with E-state index in [-0.39, 0.29) is 23.6 Å². The second-order valence-corrected chi connectivity index (χ2v) is 4.55. The topological polar surface area (TPSA) is 107 Å². The fourth-order valence-corrected chi connectivity index (χ4v) is 2.06. The lowest BCUT2D eigenvalue weighted by Crippen LogP contribution is -2.03. The van der Waals surface area contributed by atoms with Gasteiger partial charge in [0.15, 0.2) is 0 Å². The van der Waals surface area contributed by atoms with Crippen molar-refractivity contribution in [3.05, 3.63) is 63.7 Å². The number of phenolic OH excluding ortho intramolecular Hbond substituents is 2. The minimum atomic E-state index is -0.583. The summed E-state index contributed by atoms with van der Waals surface area (Å²) in [6.07, 6.45) is 0.151. The van der Waals surface area contributed by atoms with Gasteiger partial charge in [-0.25, -0.2) is 0 Å². The molecule has 2 rings (SSSR count). The number of hydrogen-bond acceptors (Lipinski definition) is 5. The standard InChI is InChI=1S/C15H12N2O4/c16-9-12(10-1-4-13(18)5-2-10)7-11-3-6-14(19)8-15(11)17(20)21/h1-6,8,12,18-19H,7H2. The fraction of sp³-hybridized carbons (Fsp3) is 0.133. The van der Waals surface area contributed by atoms with E-state index >= 15 is 0 Å². The highest BCUT2D eigenvalue weighted by atomic mass is 16.6. The largest absolute Gasteiger partial charge is 0.508 e. The molecule has 1 unspecified atom stereocenters. The molecule has 1 atom stereocenters. The molecule has 0 bridgehead atoms. The maximum absolute atomic E-state index is 11.0. The zero-order valence-electron chi connectivity index (χ0n) is 10.9. The van der Waals surface area contributed by atoms with Gasteiger partial charge in [0.05, 0.1) is 23.0 Å². The number of rotatable bonds is 4. The average Bonchev–Trinajstić information content (AvgIpc) is 2.47. The molecular weight excluding hydrogens is 272 g/mol. The molecule has 0 radical (unpaired) electrons. The van der Waals surface area contributed by atoms with Crippen LogP contribution in [0.25, 0.3) is 0 Å². The van der Waals surface area contributed by atoms with Gasteiger partial charge in [-0.2, -0.15) is 5.26 Å². The van der Waals surface area contributed by atoms with Crippen molar-refractivity contribution in [1.82, 2.24) is 0 Å². The minimum Gasteiger partial charge on any atom is -0.508 e. The van der Waals surface area contributed by atoms with Gasteiger partial charge in [0.2, 0.25) is 0 Å². The van der Waals surface area contributed by atoms with Gasteiger partial charge in [-0.05, 0) is 36.2 Å². The summed E-state index contributed by atoms with van der Waals surface area (Å²) in [5, 5.41) is 38.8. The van der Waals surface area contributed by atoms with Crippen molar-refractivity contribution in [2.24, 2.45) is 0 Å². The molecule has 106 valence electrons. The highest BCUT2D eigenvalue weighted by Crippen LogP contribution is 2.29. The van der Waals surface area contributed by atoms with Gasteiger partial charge in [0.25, 0.3) is 5.69 Å². The second-order valence-electron chi connectivity index (χ2n) is 4.55. The molecule has 0 aliphatic carbocycles. The highest BCUT2D eigenvalue weighted by Gasteiger charge is 2.20. The van der Waals surface area contributed by atoms with Gasteiger partial charge in [-0.3, -0.25) is 10.1 Å². The summed E-state index contributed by atoms with van der Waals surface area (Å²) in [6, 6.07) is 12.1. The number of aromatic hydroxyl groups is 2. The quantitative estimate of drug-likeness (QED) is 0.663. The van der Waals surface area contributed by atoms with Crippen LogP contribution in [0.3, 0.4) is 0 Å². The molecule has 0 aliphatic rings. The number of nitro groups is 1. The molecule has 0 amide bonds. The van der Waals surface area contributed by atoms with Crippen LogP contribution < -0.4 is 0 Å². The van der Waals surface area contributed by atoms with Crippen LogP contribution in [0.15, 0.2) is 42.5 Å². The van der Waals surface area contributed by atoms with Gasteiger partial charge in [-0.15, -0.1) is 0 Å².